The van der Waals surface area contributed by atoms with E-state index >= 15 is 0 Å². The average molecular weight is 493 g/mol. The van der Waals surface area contributed by atoms with Crippen molar-refractivity contribution in [3.8, 4) is 0 Å². The SMILES string of the molecule is CCN(c1ccccc1)S(=O)(=O)c1ccc(Cl)c(NC(=O)CSc2nc(N)cc(N)n2)c1. The first kappa shape index (κ1) is 23.6. The highest BCUT2D eigenvalue weighted by molar-refractivity contribution is 7.99. The molecule has 0 aliphatic carbocycles. The van der Waals surface area contributed by atoms with Gasteiger partial charge >= 0.3 is 0 Å². The number of nitrogens with zero attached hydrogens (tertiary/aromatic N) is 3. The maximum Gasteiger partial charge on any atom is 0.264 e. The van der Waals surface area contributed by atoms with Gasteiger partial charge in [0.1, 0.15) is 11.6 Å². The second kappa shape index (κ2) is 10.1. The van der Waals surface area contributed by atoms with Gasteiger partial charge in [-0.05, 0) is 37.3 Å². The van der Waals surface area contributed by atoms with Crippen molar-refractivity contribution in [1.82, 2.24) is 9.97 Å². The number of para-hydroxylation sites is 1. The third-order valence-electron chi connectivity index (χ3n) is 4.21. The van der Waals surface area contributed by atoms with Crippen LogP contribution >= 0.6 is 23.4 Å². The molecule has 3 aromatic rings. The van der Waals surface area contributed by atoms with Gasteiger partial charge in [-0.2, -0.15) is 0 Å². The van der Waals surface area contributed by atoms with Crippen molar-refractivity contribution < 1.29 is 13.2 Å². The van der Waals surface area contributed by atoms with E-state index in [1.807, 2.05) is 0 Å². The predicted molar refractivity (Wildman–Crippen MR) is 128 cm³/mol. The van der Waals surface area contributed by atoms with Gasteiger partial charge < -0.3 is 16.8 Å². The number of anilines is 4. The van der Waals surface area contributed by atoms with Crippen molar-refractivity contribution in [1.29, 1.82) is 0 Å². The second-order valence-corrected chi connectivity index (χ2v) is 9.70. The highest BCUT2D eigenvalue weighted by Gasteiger charge is 2.24. The van der Waals surface area contributed by atoms with Crippen LogP contribution in [-0.4, -0.2) is 36.6 Å². The maximum absolute atomic E-state index is 13.2. The van der Waals surface area contributed by atoms with Gasteiger partial charge in [-0.3, -0.25) is 9.10 Å². The van der Waals surface area contributed by atoms with E-state index in [1.54, 1.807) is 37.3 Å². The molecule has 1 heterocycles. The second-order valence-electron chi connectivity index (χ2n) is 6.48. The number of nitrogens with two attached hydrogens (primary N) is 2. The number of hydrogen-bond acceptors (Lipinski definition) is 8. The van der Waals surface area contributed by atoms with Gasteiger partial charge in [0.25, 0.3) is 10.0 Å². The molecule has 2 aromatic carbocycles. The molecule has 0 saturated heterocycles. The molecular weight excluding hydrogens is 472 g/mol. The molecule has 5 N–H and O–H groups in total. The molecule has 0 atom stereocenters. The van der Waals surface area contributed by atoms with Gasteiger partial charge in [0.05, 0.1) is 27.0 Å². The first-order valence-corrected chi connectivity index (χ1v) is 12.2. The number of carbonyl (C=O) groups is 1. The van der Waals surface area contributed by atoms with Crippen molar-refractivity contribution in [2.24, 2.45) is 0 Å². The average Bonchev–Trinajstić information content (AvgIpc) is 2.74. The summed E-state index contributed by atoms with van der Waals surface area (Å²) in [6.45, 7) is 1.97. The van der Waals surface area contributed by atoms with E-state index in [-0.39, 0.29) is 44.7 Å². The summed E-state index contributed by atoms with van der Waals surface area (Å²) in [5.74, 6) is -0.0895. The molecule has 0 aliphatic heterocycles. The number of thioether (sulfide) groups is 1. The monoisotopic (exact) mass is 492 g/mol. The molecule has 0 spiro atoms. The summed E-state index contributed by atoms with van der Waals surface area (Å²) in [6.07, 6.45) is 0. The maximum atomic E-state index is 13.2. The molecule has 0 aliphatic rings. The van der Waals surface area contributed by atoms with Crippen molar-refractivity contribution in [2.45, 2.75) is 17.0 Å². The molecule has 168 valence electrons. The summed E-state index contributed by atoms with van der Waals surface area (Å²) in [5, 5.41) is 3.08. The van der Waals surface area contributed by atoms with Crippen LogP contribution in [0.3, 0.4) is 0 Å². The van der Waals surface area contributed by atoms with Crippen LogP contribution in [0.4, 0.5) is 23.0 Å². The number of nitrogen functional groups attached to an aromatic ring is 2. The molecule has 0 saturated carbocycles. The zero-order chi connectivity index (χ0) is 23.3. The van der Waals surface area contributed by atoms with Crippen LogP contribution in [0.15, 0.2) is 64.6 Å². The van der Waals surface area contributed by atoms with E-state index in [9.17, 15) is 13.2 Å². The molecule has 1 amide bonds. The van der Waals surface area contributed by atoms with Crippen molar-refractivity contribution in [2.75, 3.05) is 33.4 Å². The summed E-state index contributed by atoms with van der Waals surface area (Å²) in [5.41, 5.74) is 12.0. The van der Waals surface area contributed by atoms with Gasteiger partial charge in [-0.15, -0.1) is 0 Å². The molecule has 9 nitrogen and oxygen atoms in total. The zero-order valence-electron chi connectivity index (χ0n) is 17.0. The number of carbonyl (C=O) groups excluding carboxylic acids is 1. The summed E-state index contributed by atoms with van der Waals surface area (Å²) in [7, 11) is -3.87. The Labute approximate surface area is 195 Å². The van der Waals surface area contributed by atoms with Crippen molar-refractivity contribution in [3.05, 3.63) is 59.6 Å². The van der Waals surface area contributed by atoms with E-state index < -0.39 is 15.9 Å². The Morgan fingerprint density at radius 1 is 1.09 bits per heavy atom. The van der Waals surface area contributed by atoms with Crippen LogP contribution in [0.1, 0.15) is 6.92 Å². The van der Waals surface area contributed by atoms with Crippen LogP contribution in [0.5, 0.6) is 0 Å². The minimum atomic E-state index is -3.87. The summed E-state index contributed by atoms with van der Waals surface area (Å²) >= 11 is 7.23. The number of halogens is 1. The Balaban J connectivity index is 1.78. The lowest BCUT2D eigenvalue weighted by atomic mass is 10.3. The summed E-state index contributed by atoms with van der Waals surface area (Å²) in [6, 6.07) is 14.3. The lowest BCUT2D eigenvalue weighted by Crippen LogP contribution is -2.30. The fourth-order valence-electron chi connectivity index (χ4n) is 2.82. The number of hydrogen-bond donors (Lipinski definition) is 3. The first-order valence-electron chi connectivity index (χ1n) is 9.40. The molecule has 0 unspecified atom stereocenters. The van der Waals surface area contributed by atoms with Crippen LogP contribution < -0.4 is 21.1 Å². The number of rotatable bonds is 8. The standard InChI is InChI=1S/C20H21ClN6O3S2/c1-2-27(13-6-4-3-5-7-13)32(29,30)14-8-9-15(21)16(10-14)24-19(28)12-31-20-25-17(22)11-18(23)26-20/h3-11H,2,12H2,1H3,(H,24,28)(H4,22,23,25,26). The lowest BCUT2D eigenvalue weighted by molar-refractivity contribution is -0.113. The Hall–Kier alpha value is -3.02. The molecule has 1 aromatic heterocycles. The number of nitrogens with one attached hydrogen (secondary N) is 1. The number of benzene rings is 2. The van der Waals surface area contributed by atoms with Gasteiger partial charge in [-0.1, -0.05) is 41.6 Å². The smallest absolute Gasteiger partial charge is 0.264 e. The van der Waals surface area contributed by atoms with Crippen LogP contribution in [0.2, 0.25) is 5.02 Å². The van der Waals surface area contributed by atoms with Crippen molar-refractivity contribution in [3.63, 3.8) is 0 Å². The van der Waals surface area contributed by atoms with Crippen LogP contribution in [0.25, 0.3) is 0 Å². The van der Waals surface area contributed by atoms with Gasteiger partial charge in [0.2, 0.25) is 5.91 Å². The fraction of sp³-hybridized carbons (Fsp3) is 0.150. The summed E-state index contributed by atoms with van der Waals surface area (Å²) in [4.78, 5) is 20.4. The minimum absolute atomic E-state index is 0.00231. The van der Waals surface area contributed by atoms with Gasteiger partial charge in [0.15, 0.2) is 5.16 Å². The van der Waals surface area contributed by atoms with E-state index in [4.69, 9.17) is 23.1 Å². The Kier molecular flexibility index (Phi) is 7.44. The van der Waals surface area contributed by atoms with Crippen LogP contribution in [0, 0.1) is 0 Å². The van der Waals surface area contributed by atoms with Crippen molar-refractivity contribution >= 4 is 62.3 Å². The Morgan fingerprint density at radius 3 is 2.38 bits per heavy atom. The van der Waals surface area contributed by atoms with Gasteiger partial charge in [-0.25, -0.2) is 18.4 Å². The number of aromatic nitrogens is 2. The van der Waals surface area contributed by atoms with E-state index in [0.717, 1.165) is 11.8 Å². The molecule has 32 heavy (non-hydrogen) atoms. The Morgan fingerprint density at radius 2 is 1.75 bits per heavy atom. The normalized spacial score (nSPS) is 11.2. The first-order chi connectivity index (χ1) is 15.2. The van der Waals surface area contributed by atoms with Crippen LogP contribution in [-0.2, 0) is 14.8 Å². The highest BCUT2D eigenvalue weighted by atomic mass is 35.5. The fourth-order valence-corrected chi connectivity index (χ4v) is 5.15. The molecule has 0 radical (unpaired) electrons. The third kappa shape index (κ3) is 5.61. The zero-order valence-corrected chi connectivity index (χ0v) is 19.4. The largest absolute Gasteiger partial charge is 0.383 e. The van der Waals surface area contributed by atoms with E-state index in [2.05, 4.69) is 15.3 Å². The quantitative estimate of drug-likeness (QED) is 0.321. The van der Waals surface area contributed by atoms with Gasteiger partial charge in [0, 0.05) is 12.6 Å². The van der Waals surface area contributed by atoms with E-state index in [0.29, 0.717) is 5.69 Å². The minimum Gasteiger partial charge on any atom is -0.383 e. The number of sulfonamides is 1. The highest BCUT2D eigenvalue weighted by Crippen LogP contribution is 2.29. The molecule has 0 fully saturated rings. The molecular formula is C20H21ClN6O3S2. The molecule has 0 bridgehead atoms. The Bertz CT molecular complexity index is 1210. The number of amides is 1. The van der Waals surface area contributed by atoms with E-state index in [1.165, 1.54) is 28.6 Å². The molecule has 12 heteroatoms. The third-order valence-corrected chi connectivity index (χ3v) is 7.28. The predicted octanol–water partition coefficient (Wildman–Crippen LogP) is 3.24. The lowest BCUT2D eigenvalue weighted by Gasteiger charge is -2.23. The summed E-state index contributed by atoms with van der Waals surface area (Å²) < 4.78 is 27.7. The molecule has 3 rings (SSSR count). The topological polar surface area (TPSA) is 144 Å².